The number of amides is 1. The van der Waals surface area contributed by atoms with Crippen LogP contribution in [0.15, 0.2) is 52.4 Å². The number of aromatic nitrogens is 2. The Morgan fingerprint density at radius 3 is 2.33 bits per heavy atom. The first-order valence-electron chi connectivity index (χ1n) is 9.93. The molecule has 0 spiro atoms. The van der Waals surface area contributed by atoms with Crippen molar-refractivity contribution < 1.29 is 4.79 Å². The molecule has 1 unspecified atom stereocenters. The van der Waals surface area contributed by atoms with E-state index in [0.29, 0.717) is 16.4 Å². The van der Waals surface area contributed by atoms with Gasteiger partial charge in [-0.05, 0) is 51.3 Å². The van der Waals surface area contributed by atoms with Crippen molar-refractivity contribution in [3.63, 3.8) is 0 Å². The number of nitrogens with zero attached hydrogens (tertiary/aromatic N) is 1. The van der Waals surface area contributed by atoms with Crippen LogP contribution in [0.2, 0.25) is 0 Å². The van der Waals surface area contributed by atoms with E-state index < -0.39 is 0 Å². The smallest absolute Gasteiger partial charge is 0.255 e. The zero-order chi connectivity index (χ0) is 21.8. The van der Waals surface area contributed by atoms with Crippen LogP contribution in [0, 0.1) is 27.7 Å². The summed E-state index contributed by atoms with van der Waals surface area (Å²) in [5.74, 6) is -0.224. The number of aryl methyl sites for hydroxylation is 4. The Hall–Kier alpha value is -2.86. The van der Waals surface area contributed by atoms with Crippen molar-refractivity contribution in [2.24, 2.45) is 0 Å². The number of H-pyrrole nitrogens is 1. The van der Waals surface area contributed by atoms with Crippen LogP contribution in [0.3, 0.4) is 0 Å². The van der Waals surface area contributed by atoms with E-state index in [9.17, 15) is 9.59 Å². The third-order valence-corrected chi connectivity index (χ3v) is 6.08. The lowest BCUT2D eigenvalue weighted by Gasteiger charge is -2.14. The number of carbonyl (C=O) groups excluding carboxylic acids is 1. The van der Waals surface area contributed by atoms with E-state index in [1.807, 2.05) is 51.1 Å². The summed E-state index contributed by atoms with van der Waals surface area (Å²) in [5.41, 5.74) is 5.83. The molecule has 0 fully saturated rings. The number of thioether (sulfide) groups is 1. The van der Waals surface area contributed by atoms with Crippen molar-refractivity contribution in [2.45, 2.75) is 51.4 Å². The molecule has 1 atom stereocenters. The first-order chi connectivity index (χ1) is 14.2. The molecule has 1 aromatic heterocycles. The third kappa shape index (κ3) is 5.19. The highest BCUT2D eigenvalue weighted by Crippen LogP contribution is 2.32. The second-order valence-electron chi connectivity index (χ2n) is 7.60. The third-order valence-electron chi connectivity index (χ3n) is 5.04. The van der Waals surface area contributed by atoms with Crippen molar-refractivity contribution in [3.8, 4) is 0 Å². The van der Waals surface area contributed by atoms with Gasteiger partial charge in [0.15, 0.2) is 5.16 Å². The first kappa shape index (κ1) is 21.8. The summed E-state index contributed by atoms with van der Waals surface area (Å²) in [6.45, 7) is 9.81. The largest absolute Gasteiger partial charge is 0.325 e. The predicted octanol–water partition coefficient (Wildman–Crippen LogP) is 5.04. The standard InChI is InChI=1S/C24H27N3O2S/c1-14-11-15(2)22(16(3)12-14)26-21(28)13-20-17(4)25-24(27-23(20)29)30-18(5)19-9-7-6-8-10-19/h6-12,18H,13H2,1-5H3,(H,26,28)(H,25,27,29). The molecule has 6 heteroatoms. The zero-order valence-electron chi connectivity index (χ0n) is 18.0. The van der Waals surface area contributed by atoms with Gasteiger partial charge in [-0.3, -0.25) is 9.59 Å². The summed E-state index contributed by atoms with van der Waals surface area (Å²) in [7, 11) is 0. The van der Waals surface area contributed by atoms with Crippen molar-refractivity contribution >= 4 is 23.4 Å². The van der Waals surface area contributed by atoms with Gasteiger partial charge in [-0.2, -0.15) is 0 Å². The Morgan fingerprint density at radius 1 is 1.10 bits per heavy atom. The fourth-order valence-electron chi connectivity index (χ4n) is 3.53. The van der Waals surface area contributed by atoms with E-state index >= 15 is 0 Å². The molecule has 2 aromatic carbocycles. The fraction of sp³-hybridized carbons (Fsp3) is 0.292. The van der Waals surface area contributed by atoms with Gasteiger partial charge in [-0.1, -0.05) is 59.8 Å². The van der Waals surface area contributed by atoms with E-state index in [1.165, 1.54) is 11.8 Å². The number of hydrogen-bond donors (Lipinski definition) is 2. The maximum atomic E-state index is 12.7. The topological polar surface area (TPSA) is 74.8 Å². The number of rotatable bonds is 6. The lowest BCUT2D eigenvalue weighted by atomic mass is 10.0. The molecule has 0 saturated heterocycles. The Labute approximate surface area is 181 Å². The maximum absolute atomic E-state index is 12.7. The molecule has 0 aliphatic rings. The van der Waals surface area contributed by atoms with E-state index in [1.54, 1.807) is 6.92 Å². The van der Waals surface area contributed by atoms with Gasteiger partial charge in [0, 0.05) is 22.2 Å². The van der Waals surface area contributed by atoms with Gasteiger partial charge >= 0.3 is 0 Å². The Balaban J connectivity index is 1.74. The first-order valence-corrected chi connectivity index (χ1v) is 10.8. The van der Waals surface area contributed by atoms with Crippen LogP contribution in [0.4, 0.5) is 5.69 Å². The zero-order valence-corrected chi connectivity index (χ0v) is 18.8. The quantitative estimate of drug-likeness (QED) is 0.432. The summed E-state index contributed by atoms with van der Waals surface area (Å²) < 4.78 is 0. The normalized spacial score (nSPS) is 11.9. The monoisotopic (exact) mass is 421 g/mol. The van der Waals surface area contributed by atoms with Crippen LogP contribution in [-0.4, -0.2) is 15.9 Å². The number of benzene rings is 2. The van der Waals surface area contributed by atoms with Crippen molar-refractivity contribution in [3.05, 3.63) is 86.3 Å². The second kappa shape index (κ2) is 9.30. The number of carbonyl (C=O) groups is 1. The molecule has 2 N–H and O–H groups in total. The van der Waals surface area contributed by atoms with Gasteiger partial charge in [0.2, 0.25) is 5.91 Å². The van der Waals surface area contributed by atoms with Gasteiger partial charge in [-0.15, -0.1) is 0 Å². The Bertz CT molecular complexity index is 1100. The van der Waals surface area contributed by atoms with Gasteiger partial charge < -0.3 is 10.3 Å². The molecular weight excluding hydrogens is 394 g/mol. The molecule has 0 radical (unpaired) electrons. The van der Waals surface area contributed by atoms with Crippen LogP contribution >= 0.6 is 11.8 Å². The summed E-state index contributed by atoms with van der Waals surface area (Å²) >= 11 is 1.49. The highest BCUT2D eigenvalue weighted by molar-refractivity contribution is 7.99. The van der Waals surface area contributed by atoms with Gasteiger partial charge in [0.05, 0.1) is 6.42 Å². The molecular formula is C24H27N3O2S. The molecule has 1 amide bonds. The average Bonchev–Trinajstić information content (AvgIpc) is 2.68. The molecule has 0 bridgehead atoms. The van der Waals surface area contributed by atoms with Crippen molar-refractivity contribution in [2.75, 3.05) is 5.32 Å². The summed E-state index contributed by atoms with van der Waals surface area (Å²) in [6.07, 6.45) is -0.0138. The van der Waals surface area contributed by atoms with E-state index in [2.05, 4.69) is 34.3 Å². The molecule has 3 aromatic rings. The number of nitrogens with one attached hydrogen (secondary N) is 2. The van der Waals surface area contributed by atoms with E-state index in [-0.39, 0.29) is 23.1 Å². The van der Waals surface area contributed by atoms with Crippen LogP contribution in [0.1, 0.15) is 45.7 Å². The predicted molar refractivity (Wildman–Crippen MR) is 123 cm³/mol. The van der Waals surface area contributed by atoms with Gasteiger partial charge in [0.25, 0.3) is 5.56 Å². The minimum Gasteiger partial charge on any atom is -0.325 e. The van der Waals surface area contributed by atoms with Crippen molar-refractivity contribution in [1.29, 1.82) is 0 Å². The molecule has 156 valence electrons. The molecule has 5 nitrogen and oxygen atoms in total. The maximum Gasteiger partial charge on any atom is 0.255 e. The summed E-state index contributed by atoms with van der Waals surface area (Å²) in [6, 6.07) is 14.1. The summed E-state index contributed by atoms with van der Waals surface area (Å²) in [4.78, 5) is 32.6. The molecule has 0 aliphatic heterocycles. The summed E-state index contributed by atoms with van der Waals surface area (Å²) in [5, 5.41) is 3.66. The fourth-order valence-corrected chi connectivity index (χ4v) is 4.50. The lowest BCUT2D eigenvalue weighted by Crippen LogP contribution is -2.24. The molecule has 0 aliphatic carbocycles. The Kier molecular flexibility index (Phi) is 6.77. The minimum atomic E-state index is -0.266. The van der Waals surface area contributed by atoms with E-state index in [4.69, 9.17) is 0 Å². The molecule has 3 rings (SSSR count). The molecule has 0 saturated carbocycles. The number of anilines is 1. The number of hydrogen-bond acceptors (Lipinski definition) is 4. The highest BCUT2D eigenvalue weighted by atomic mass is 32.2. The highest BCUT2D eigenvalue weighted by Gasteiger charge is 2.16. The molecule has 1 heterocycles. The van der Waals surface area contributed by atoms with Crippen LogP contribution in [-0.2, 0) is 11.2 Å². The number of aromatic amines is 1. The van der Waals surface area contributed by atoms with Crippen LogP contribution < -0.4 is 10.9 Å². The van der Waals surface area contributed by atoms with E-state index in [0.717, 1.165) is 27.9 Å². The van der Waals surface area contributed by atoms with Crippen LogP contribution in [0.5, 0.6) is 0 Å². The van der Waals surface area contributed by atoms with Crippen LogP contribution in [0.25, 0.3) is 0 Å². The van der Waals surface area contributed by atoms with Gasteiger partial charge in [0.1, 0.15) is 0 Å². The minimum absolute atomic E-state index is 0.0138. The average molecular weight is 422 g/mol. The Morgan fingerprint density at radius 2 is 1.73 bits per heavy atom. The molecule has 30 heavy (non-hydrogen) atoms. The van der Waals surface area contributed by atoms with Crippen molar-refractivity contribution in [1.82, 2.24) is 9.97 Å². The van der Waals surface area contributed by atoms with Gasteiger partial charge in [-0.25, -0.2) is 4.98 Å². The SMILES string of the molecule is Cc1cc(C)c(NC(=O)Cc2c(C)nc(SC(C)c3ccccc3)[nH]c2=O)c(C)c1. The lowest BCUT2D eigenvalue weighted by molar-refractivity contribution is -0.115. The second-order valence-corrected chi connectivity index (χ2v) is 8.93.